The number of hydrogen-bond donors (Lipinski definition) is 1. The van der Waals surface area contributed by atoms with Gasteiger partial charge in [-0.15, -0.1) is 0 Å². The van der Waals surface area contributed by atoms with E-state index in [2.05, 4.69) is 15.2 Å². The molecule has 1 unspecified atom stereocenters. The molecule has 0 radical (unpaired) electrons. The summed E-state index contributed by atoms with van der Waals surface area (Å²) in [5, 5.41) is 3.55. The molecule has 1 N–H and O–H groups in total. The monoisotopic (exact) mass is 365 g/mol. The van der Waals surface area contributed by atoms with E-state index in [1.807, 2.05) is 19.1 Å². The van der Waals surface area contributed by atoms with Gasteiger partial charge in [0.05, 0.1) is 6.61 Å². The number of benzene rings is 1. The SMILES string of the molecule is CCOCCNC(=O)CC1CCCN(c2nc3ccc(Cl)cc3o2)C1. The van der Waals surface area contributed by atoms with Crippen LogP contribution < -0.4 is 10.2 Å². The van der Waals surface area contributed by atoms with Gasteiger partial charge in [0.2, 0.25) is 5.91 Å². The van der Waals surface area contributed by atoms with E-state index < -0.39 is 0 Å². The number of piperidine rings is 1. The van der Waals surface area contributed by atoms with Crippen LogP contribution in [0.5, 0.6) is 0 Å². The molecule has 1 amide bonds. The largest absolute Gasteiger partial charge is 0.423 e. The summed E-state index contributed by atoms with van der Waals surface area (Å²) in [5.41, 5.74) is 1.49. The molecule has 0 saturated carbocycles. The van der Waals surface area contributed by atoms with E-state index in [0.717, 1.165) is 31.4 Å². The second-order valence-corrected chi connectivity index (χ2v) is 6.75. The third kappa shape index (κ3) is 4.86. The molecule has 7 heteroatoms. The molecule has 1 aromatic heterocycles. The standard InChI is InChI=1S/C18H24ClN3O3/c1-2-24-9-7-20-17(23)10-13-4-3-8-22(12-13)18-21-15-6-5-14(19)11-16(15)25-18/h5-6,11,13H,2-4,7-10,12H2,1H3,(H,20,23). The molecule has 25 heavy (non-hydrogen) atoms. The second-order valence-electron chi connectivity index (χ2n) is 6.31. The summed E-state index contributed by atoms with van der Waals surface area (Å²) in [4.78, 5) is 18.7. The number of hydrogen-bond acceptors (Lipinski definition) is 5. The normalized spacial score (nSPS) is 17.8. The molecular weight excluding hydrogens is 342 g/mol. The first-order valence-corrected chi connectivity index (χ1v) is 9.19. The summed E-state index contributed by atoms with van der Waals surface area (Å²) in [7, 11) is 0. The molecule has 3 rings (SSSR count). The van der Waals surface area contributed by atoms with Crippen molar-refractivity contribution in [1.82, 2.24) is 10.3 Å². The number of rotatable bonds is 7. The third-order valence-electron chi connectivity index (χ3n) is 4.38. The Kier molecular flexibility index (Phi) is 6.15. The number of fused-ring (bicyclic) bond motifs is 1. The van der Waals surface area contributed by atoms with Crippen LogP contribution in [-0.2, 0) is 9.53 Å². The maximum absolute atomic E-state index is 12.1. The van der Waals surface area contributed by atoms with Gasteiger partial charge < -0.3 is 19.4 Å². The van der Waals surface area contributed by atoms with E-state index in [0.29, 0.717) is 48.7 Å². The van der Waals surface area contributed by atoms with Crippen LogP contribution >= 0.6 is 11.6 Å². The summed E-state index contributed by atoms with van der Waals surface area (Å²) < 4.78 is 11.1. The highest BCUT2D eigenvalue weighted by Crippen LogP contribution is 2.28. The fourth-order valence-electron chi connectivity index (χ4n) is 3.17. The fraction of sp³-hybridized carbons (Fsp3) is 0.556. The predicted octanol–water partition coefficient (Wildman–Crippen LogP) is 3.24. The first-order valence-electron chi connectivity index (χ1n) is 8.81. The van der Waals surface area contributed by atoms with Crippen molar-refractivity contribution in [1.29, 1.82) is 0 Å². The summed E-state index contributed by atoms with van der Waals surface area (Å²) in [6.07, 6.45) is 2.59. The van der Waals surface area contributed by atoms with Gasteiger partial charge in [-0.25, -0.2) is 0 Å². The number of aromatic nitrogens is 1. The van der Waals surface area contributed by atoms with Crippen LogP contribution in [0.2, 0.25) is 5.02 Å². The van der Waals surface area contributed by atoms with Gasteiger partial charge in [-0.05, 0) is 37.8 Å². The van der Waals surface area contributed by atoms with Gasteiger partial charge in [-0.3, -0.25) is 4.79 Å². The van der Waals surface area contributed by atoms with Crippen LogP contribution in [0.15, 0.2) is 22.6 Å². The van der Waals surface area contributed by atoms with Crippen LogP contribution in [-0.4, -0.2) is 43.7 Å². The van der Waals surface area contributed by atoms with Crippen molar-refractivity contribution < 1.29 is 13.9 Å². The minimum absolute atomic E-state index is 0.0795. The lowest BCUT2D eigenvalue weighted by Gasteiger charge is -2.31. The Balaban J connectivity index is 1.56. The molecule has 136 valence electrons. The van der Waals surface area contributed by atoms with E-state index in [1.54, 1.807) is 6.07 Å². The van der Waals surface area contributed by atoms with Gasteiger partial charge >= 0.3 is 0 Å². The van der Waals surface area contributed by atoms with Crippen molar-refractivity contribution in [2.24, 2.45) is 5.92 Å². The molecule has 0 aliphatic carbocycles. The Morgan fingerprint density at radius 1 is 1.52 bits per heavy atom. The van der Waals surface area contributed by atoms with Crippen LogP contribution in [0.25, 0.3) is 11.1 Å². The van der Waals surface area contributed by atoms with Crippen LogP contribution in [0.1, 0.15) is 26.2 Å². The van der Waals surface area contributed by atoms with Gasteiger partial charge in [-0.1, -0.05) is 11.6 Å². The highest BCUT2D eigenvalue weighted by molar-refractivity contribution is 6.31. The van der Waals surface area contributed by atoms with E-state index >= 15 is 0 Å². The number of oxazole rings is 1. The van der Waals surface area contributed by atoms with E-state index in [-0.39, 0.29) is 5.91 Å². The van der Waals surface area contributed by atoms with Gasteiger partial charge in [0, 0.05) is 43.8 Å². The second kappa shape index (κ2) is 8.54. The van der Waals surface area contributed by atoms with Crippen molar-refractivity contribution in [3.8, 4) is 0 Å². The fourth-order valence-corrected chi connectivity index (χ4v) is 3.33. The Bertz CT molecular complexity index is 719. The topological polar surface area (TPSA) is 67.6 Å². The lowest BCUT2D eigenvalue weighted by Crippen LogP contribution is -2.38. The zero-order chi connectivity index (χ0) is 17.6. The Labute approximate surface area is 152 Å². The smallest absolute Gasteiger partial charge is 0.298 e. The number of carbonyl (C=O) groups excluding carboxylic acids is 1. The van der Waals surface area contributed by atoms with Gasteiger partial charge in [0.1, 0.15) is 5.52 Å². The molecule has 1 aliphatic rings. The van der Waals surface area contributed by atoms with E-state index in [1.165, 1.54) is 0 Å². The summed E-state index contributed by atoms with van der Waals surface area (Å²) in [6.45, 7) is 5.41. The van der Waals surface area contributed by atoms with Gasteiger partial charge in [0.15, 0.2) is 5.58 Å². The number of nitrogens with one attached hydrogen (secondary N) is 1. The van der Waals surface area contributed by atoms with E-state index in [9.17, 15) is 4.79 Å². The van der Waals surface area contributed by atoms with Crippen molar-refractivity contribution in [2.45, 2.75) is 26.2 Å². The molecular formula is C18H24ClN3O3. The summed E-state index contributed by atoms with van der Waals surface area (Å²) in [5.74, 6) is 0.385. The van der Waals surface area contributed by atoms with Gasteiger partial charge in [0.25, 0.3) is 6.01 Å². The molecule has 1 fully saturated rings. The highest BCUT2D eigenvalue weighted by atomic mass is 35.5. The van der Waals surface area contributed by atoms with Crippen LogP contribution in [0.4, 0.5) is 6.01 Å². The number of anilines is 1. The average molecular weight is 366 g/mol. The summed E-state index contributed by atoms with van der Waals surface area (Å²) in [6, 6.07) is 6.05. The maximum Gasteiger partial charge on any atom is 0.298 e. The zero-order valence-electron chi connectivity index (χ0n) is 14.5. The Morgan fingerprint density at radius 3 is 3.24 bits per heavy atom. The van der Waals surface area contributed by atoms with Crippen molar-refractivity contribution in [3.05, 3.63) is 23.2 Å². The number of nitrogens with zero attached hydrogens (tertiary/aromatic N) is 2. The Hall–Kier alpha value is -1.79. The molecule has 2 aromatic rings. The number of halogens is 1. The number of ether oxygens (including phenoxy) is 1. The molecule has 1 saturated heterocycles. The van der Waals surface area contributed by atoms with Crippen LogP contribution in [0, 0.1) is 5.92 Å². The molecule has 1 atom stereocenters. The minimum atomic E-state index is 0.0795. The molecule has 2 heterocycles. The first kappa shape index (κ1) is 18.0. The molecule has 0 spiro atoms. The number of carbonyl (C=O) groups is 1. The zero-order valence-corrected chi connectivity index (χ0v) is 15.2. The Morgan fingerprint density at radius 2 is 2.40 bits per heavy atom. The van der Waals surface area contributed by atoms with Crippen molar-refractivity contribution in [2.75, 3.05) is 37.7 Å². The third-order valence-corrected chi connectivity index (χ3v) is 4.61. The molecule has 1 aromatic carbocycles. The predicted molar refractivity (Wildman–Crippen MR) is 98.1 cm³/mol. The summed E-state index contributed by atoms with van der Waals surface area (Å²) >= 11 is 6.00. The van der Waals surface area contributed by atoms with Crippen LogP contribution in [0.3, 0.4) is 0 Å². The lowest BCUT2D eigenvalue weighted by atomic mass is 9.95. The van der Waals surface area contributed by atoms with Crippen molar-refractivity contribution >= 4 is 34.6 Å². The quantitative estimate of drug-likeness (QED) is 0.763. The maximum atomic E-state index is 12.1. The lowest BCUT2D eigenvalue weighted by molar-refractivity contribution is -0.122. The molecule has 6 nitrogen and oxygen atoms in total. The van der Waals surface area contributed by atoms with Crippen molar-refractivity contribution in [3.63, 3.8) is 0 Å². The minimum Gasteiger partial charge on any atom is -0.423 e. The number of amides is 1. The highest BCUT2D eigenvalue weighted by Gasteiger charge is 2.25. The van der Waals surface area contributed by atoms with E-state index in [4.69, 9.17) is 20.8 Å². The first-order chi connectivity index (χ1) is 12.2. The molecule has 0 bridgehead atoms. The van der Waals surface area contributed by atoms with Gasteiger partial charge in [-0.2, -0.15) is 4.98 Å². The molecule has 1 aliphatic heterocycles. The average Bonchev–Trinajstić information content (AvgIpc) is 3.02.